The first-order chi connectivity index (χ1) is 3.50. The van der Waals surface area contributed by atoms with Crippen molar-refractivity contribution in [1.29, 1.82) is 0 Å². The minimum atomic E-state index is 0. The maximum atomic E-state index is 4.58. The molecule has 0 aliphatic carbocycles. The molecule has 1 nitrogen and oxygen atoms in total. The van der Waals surface area contributed by atoms with Crippen LogP contribution in [0, 0.1) is 0 Å². The van der Waals surface area contributed by atoms with E-state index in [0.717, 1.165) is 0 Å². The van der Waals surface area contributed by atoms with Gasteiger partial charge in [-0.3, -0.25) is 0 Å². The van der Waals surface area contributed by atoms with E-state index in [0.29, 0.717) is 0 Å². The van der Waals surface area contributed by atoms with Gasteiger partial charge in [0.05, 0.1) is 12.5 Å². The molecule has 0 aromatic carbocycles. The summed E-state index contributed by atoms with van der Waals surface area (Å²) in [6, 6.07) is 3.67. The molecule has 0 aliphatic heterocycles. The van der Waals surface area contributed by atoms with Crippen molar-refractivity contribution in [3.05, 3.63) is 24.7 Å². The van der Waals surface area contributed by atoms with Crippen molar-refractivity contribution < 1.29 is 21.4 Å². The summed E-state index contributed by atoms with van der Waals surface area (Å²) in [5.74, 6) is 0. The first-order valence-corrected chi connectivity index (χ1v) is 3.59. The molecule has 0 saturated heterocycles. The Kier molecular flexibility index (Phi) is 14.9. The van der Waals surface area contributed by atoms with E-state index in [1.54, 1.807) is 12.5 Å². The molecule has 0 bridgehead atoms. The van der Waals surface area contributed by atoms with E-state index in [1.807, 2.05) is 38.9 Å². The summed E-state index contributed by atoms with van der Waals surface area (Å²) < 4.78 is 4.58. The minimum Gasteiger partial charge on any atom is -0.473 e. The maximum Gasteiger partial charge on any atom is 0.0902 e. The number of hydrogen-bond acceptors (Lipinski definition) is 1. The molecule has 0 spiro atoms. The van der Waals surface area contributed by atoms with Gasteiger partial charge in [0.25, 0.3) is 0 Å². The van der Waals surface area contributed by atoms with Crippen LogP contribution in [-0.2, 0) is 0 Å². The average molecular weight is 187 g/mol. The maximum absolute atomic E-state index is 4.58. The van der Waals surface area contributed by atoms with Gasteiger partial charge in [-0.05, 0) is 12.1 Å². The largest absolute Gasteiger partial charge is 0.473 e. The molecule has 42 valence electrons. The minimum absolute atomic E-state index is 0. The van der Waals surface area contributed by atoms with Gasteiger partial charge in [-0.15, -0.1) is 0 Å². The molecule has 0 amide bonds. The van der Waals surface area contributed by atoms with Gasteiger partial charge in [-0.1, -0.05) is 0 Å². The summed E-state index contributed by atoms with van der Waals surface area (Å²) >= 11 is 1.86. The second-order valence-corrected chi connectivity index (χ2v) is 0.793. The summed E-state index contributed by atoms with van der Waals surface area (Å²) in [6.07, 6.45) is 3.25. The summed E-state index contributed by atoms with van der Waals surface area (Å²) in [5.41, 5.74) is 0. The average Bonchev–Trinajstić information content (AvgIpc) is 2.23. The fraction of sp³-hybridized carbons (Fsp3) is 0.200. The molecule has 8 heavy (non-hydrogen) atoms. The summed E-state index contributed by atoms with van der Waals surface area (Å²) in [5, 5.41) is 2.03. The van der Waals surface area contributed by atoms with Gasteiger partial charge in [-0.2, -0.15) is 0 Å². The van der Waals surface area contributed by atoms with Gasteiger partial charge >= 0.3 is 26.8 Å². The van der Waals surface area contributed by atoms with Crippen LogP contribution in [0.3, 0.4) is 0 Å². The van der Waals surface area contributed by atoms with Gasteiger partial charge in [-0.25, -0.2) is 0 Å². The fourth-order valence-corrected chi connectivity index (χ4v) is 0.227. The normalized spacial score (nSPS) is 5.88. The van der Waals surface area contributed by atoms with Gasteiger partial charge in [0.1, 0.15) is 0 Å². The topological polar surface area (TPSA) is 13.1 Å². The third-order valence-corrected chi connectivity index (χ3v) is 0.425. The van der Waals surface area contributed by atoms with E-state index < -0.39 is 0 Å². The van der Waals surface area contributed by atoms with Gasteiger partial charge in [0, 0.05) is 0 Å². The van der Waals surface area contributed by atoms with Crippen LogP contribution in [0.2, 0.25) is 5.05 Å². The molecule has 0 saturated carbocycles. The second-order valence-electron chi connectivity index (χ2n) is 0.793. The Balaban J connectivity index is 0. The molecular formula is C5H7BrMgO. The van der Waals surface area contributed by atoms with Crippen LogP contribution >= 0.6 is 0 Å². The summed E-state index contributed by atoms with van der Waals surface area (Å²) in [4.78, 5) is 0. The zero-order chi connectivity index (χ0) is 5.54. The standard InChI is InChI=1S/C4H4O.CH3.BrH.Mg/c1-2-4-5-3-1;;;/h1-4H;1H3;1H;/q;;;+1/p-1. The molecule has 1 heterocycles. The summed E-state index contributed by atoms with van der Waals surface area (Å²) in [6.45, 7) is 0. The van der Waals surface area contributed by atoms with E-state index in [-0.39, 0.29) is 17.0 Å². The zero-order valence-electron chi connectivity index (χ0n) is 4.80. The molecule has 1 rings (SSSR count). The Labute approximate surface area is 72.7 Å². The van der Waals surface area contributed by atoms with Crippen LogP contribution in [-0.4, -0.2) is 21.7 Å². The van der Waals surface area contributed by atoms with Crippen molar-refractivity contribution in [2.24, 2.45) is 0 Å². The van der Waals surface area contributed by atoms with Crippen LogP contribution in [0.25, 0.3) is 0 Å². The van der Waals surface area contributed by atoms with Crippen LogP contribution in [0.1, 0.15) is 0 Å². The Morgan fingerprint density at radius 3 is 1.62 bits per heavy atom. The first kappa shape index (κ1) is 11.3. The Morgan fingerprint density at radius 1 is 1.12 bits per heavy atom. The van der Waals surface area contributed by atoms with Crippen molar-refractivity contribution in [2.75, 3.05) is 0 Å². The van der Waals surface area contributed by atoms with Crippen LogP contribution in [0.15, 0.2) is 29.1 Å². The molecule has 0 fully saturated rings. The van der Waals surface area contributed by atoms with E-state index in [9.17, 15) is 0 Å². The number of hydrogen-bond donors (Lipinski definition) is 0. The summed E-state index contributed by atoms with van der Waals surface area (Å²) in [7, 11) is 0. The van der Waals surface area contributed by atoms with Crippen LogP contribution < -0.4 is 17.0 Å². The molecule has 0 atom stereocenters. The molecule has 1 aromatic heterocycles. The Hall–Kier alpha value is 0.526. The molecule has 1 aromatic rings. The Bertz CT molecular complexity index is 68.9. The van der Waals surface area contributed by atoms with Crippen molar-refractivity contribution in [1.82, 2.24) is 0 Å². The predicted octanol–water partition coefficient (Wildman–Crippen LogP) is -1.51. The fourth-order valence-electron chi connectivity index (χ4n) is 0.227. The molecule has 0 unspecified atom stereocenters. The number of rotatable bonds is 0. The monoisotopic (exact) mass is 186 g/mol. The van der Waals surface area contributed by atoms with E-state index in [2.05, 4.69) is 4.42 Å². The molecule has 0 radical (unpaired) electrons. The van der Waals surface area contributed by atoms with Crippen LogP contribution in [0.4, 0.5) is 0 Å². The molecule has 3 heteroatoms. The molecular weight excluding hydrogens is 180 g/mol. The smallest absolute Gasteiger partial charge is 0.0902 e. The SMILES string of the molecule is [Br-].[CH3][Mg+].c1ccoc1. The quantitative estimate of drug-likeness (QED) is 0.450. The van der Waals surface area contributed by atoms with E-state index in [1.165, 1.54) is 0 Å². The zero-order valence-corrected chi connectivity index (χ0v) is 7.80. The van der Waals surface area contributed by atoms with Crippen molar-refractivity contribution in [2.45, 2.75) is 5.05 Å². The van der Waals surface area contributed by atoms with Gasteiger partial charge in [0.2, 0.25) is 0 Å². The number of furan rings is 1. The van der Waals surface area contributed by atoms with Crippen molar-refractivity contribution in [3.8, 4) is 0 Å². The van der Waals surface area contributed by atoms with Crippen molar-refractivity contribution >= 4 is 21.7 Å². The van der Waals surface area contributed by atoms with E-state index >= 15 is 0 Å². The third kappa shape index (κ3) is 6.53. The van der Waals surface area contributed by atoms with Gasteiger partial charge in [0.15, 0.2) is 0 Å². The number of halogens is 1. The Morgan fingerprint density at radius 2 is 1.50 bits per heavy atom. The van der Waals surface area contributed by atoms with Gasteiger partial charge < -0.3 is 21.4 Å². The molecule has 0 N–H and O–H groups in total. The first-order valence-electron chi connectivity index (χ1n) is 2.18. The van der Waals surface area contributed by atoms with Crippen molar-refractivity contribution in [3.63, 3.8) is 0 Å². The molecule has 0 aliphatic rings. The van der Waals surface area contributed by atoms with Crippen LogP contribution in [0.5, 0.6) is 0 Å². The third-order valence-electron chi connectivity index (χ3n) is 0.425. The predicted molar refractivity (Wildman–Crippen MR) is 30.3 cm³/mol. The van der Waals surface area contributed by atoms with E-state index in [4.69, 9.17) is 0 Å². The second kappa shape index (κ2) is 10.5.